The predicted molar refractivity (Wildman–Crippen MR) is 137 cm³/mol. The Morgan fingerprint density at radius 3 is 2.65 bits per heavy atom. The topological polar surface area (TPSA) is 49.9 Å². The monoisotopic (exact) mass is 496 g/mol. The van der Waals surface area contributed by atoms with Crippen LogP contribution < -0.4 is 4.74 Å². The van der Waals surface area contributed by atoms with Crippen molar-refractivity contribution in [3.8, 4) is 5.75 Å². The van der Waals surface area contributed by atoms with Crippen LogP contribution in [-0.2, 0) is 11.2 Å². The lowest BCUT2D eigenvalue weighted by atomic mass is 9.93. The van der Waals surface area contributed by atoms with Crippen molar-refractivity contribution in [2.24, 2.45) is 0 Å². The van der Waals surface area contributed by atoms with Crippen molar-refractivity contribution in [3.05, 3.63) is 86.6 Å². The lowest BCUT2D eigenvalue weighted by Crippen LogP contribution is -2.47. The average Bonchev–Trinajstić information content (AvgIpc) is 3.35. The van der Waals surface area contributed by atoms with Gasteiger partial charge >= 0.3 is 0 Å². The highest BCUT2D eigenvalue weighted by Gasteiger charge is 2.34. The van der Waals surface area contributed by atoms with E-state index < -0.39 is 0 Å². The van der Waals surface area contributed by atoms with E-state index in [1.54, 1.807) is 35.5 Å². The summed E-state index contributed by atoms with van der Waals surface area (Å²) in [5, 5.41) is 2.75. The highest BCUT2D eigenvalue weighted by molar-refractivity contribution is 7.10. The number of para-hydroxylation sites is 1. The van der Waals surface area contributed by atoms with Crippen LogP contribution >= 0.6 is 22.9 Å². The third-order valence-electron chi connectivity index (χ3n) is 6.20. The van der Waals surface area contributed by atoms with Crippen LogP contribution in [-0.4, -0.2) is 48.4 Å². The Labute approximate surface area is 209 Å². The van der Waals surface area contributed by atoms with Crippen molar-refractivity contribution in [2.75, 3.05) is 26.7 Å². The van der Waals surface area contributed by atoms with Gasteiger partial charge in [0.15, 0.2) is 0 Å². The second kappa shape index (κ2) is 11.1. The highest BCUT2D eigenvalue weighted by atomic mass is 35.5. The summed E-state index contributed by atoms with van der Waals surface area (Å²) in [5.74, 6) is 0.271. The van der Waals surface area contributed by atoms with Crippen LogP contribution in [0.2, 0.25) is 5.02 Å². The molecule has 3 aromatic rings. The van der Waals surface area contributed by atoms with E-state index in [0.29, 0.717) is 29.4 Å². The van der Waals surface area contributed by atoms with Crippen LogP contribution in [0.1, 0.15) is 52.2 Å². The third kappa shape index (κ3) is 5.13. The summed E-state index contributed by atoms with van der Waals surface area (Å²) in [4.78, 5) is 32.0. The first-order chi connectivity index (χ1) is 16.5. The lowest BCUT2D eigenvalue weighted by molar-refractivity contribution is -0.134. The number of nitrogens with zero attached hydrogens (tertiary/aromatic N) is 2. The van der Waals surface area contributed by atoms with Crippen LogP contribution in [0, 0.1) is 0 Å². The van der Waals surface area contributed by atoms with Gasteiger partial charge in [-0.3, -0.25) is 9.59 Å². The third-order valence-corrected chi connectivity index (χ3v) is 7.45. The molecule has 0 aliphatic carbocycles. The summed E-state index contributed by atoms with van der Waals surface area (Å²) in [7, 11) is 1.55. The molecule has 34 heavy (non-hydrogen) atoms. The van der Waals surface area contributed by atoms with Crippen LogP contribution in [0.15, 0.2) is 60.0 Å². The number of carbonyl (C=O) groups is 2. The van der Waals surface area contributed by atoms with Crippen molar-refractivity contribution < 1.29 is 14.3 Å². The molecule has 1 aromatic heterocycles. The molecule has 4 rings (SSSR count). The Hall–Kier alpha value is -2.83. The molecule has 1 unspecified atom stereocenters. The molecule has 2 amide bonds. The number of amides is 2. The zero-order chi connectivity index (χ0) is 24.1. The number of thiophene rings is 1. The maximum absolute atomic E-state index is 13.7. The largest absolute Gasteiger partial charge is 0.496 e. The summed E-state index contributed by atoms with van der Waals surface area (Å²) >= 11 is 7.86. The van der Waals surface area contributed by atoms with E-state index in [-0.39, 0.29) is 24.4 Å². The minimum absolute atomic E-state index is 0.0282. The smallest absolute Gasteiger partial charge is 0.258 e. The van der Waals surface area contributed by atoms with E-state index in [1.165, 1.54) is 4.88 Å². The van der Waals surface area contributed by atoms with Gasteiger partial charge in [0.1, 0.15) is 12.3 Å². The van der Waals surface area contributed by atoms with Gasteiger partial charge in [-0.1, -0.05) is 49.2 Å². The predicted octanol–water partition coefficient (Wildman–Crippen LogP) is 5.83. The van der Waals surface area contributed by atoms with Gasteiger partial charge in [0.2, 0.25) is 5.91 Å². The number of carbonyl (C=O) groups excluding carboxylic acids is 2. The average molecular weight is 497 g/mol. The molecule has 1 atom stereocenters. The second-order valence-corrected chi connectivity index (χ2v) is 9.81. The fourth-order valence-electron chi connectivity index (χ4n) is 4.44. The van der Waals surface area contributed by atoms with Gasteiger partial charge in [-0.2, -0.15) is 0 Å². The minimum atomic E-state index is -0.186. The first kappa shape index (κ1) is 24.3. The van der Waals surface area contributed by atoms with E-state index >= 15 is 0 Å². The SMILES string of the molecule is CCCCN(CC(=O)N1CCc2sccc2C1c1ccc(Cl)cc1)C(=O)c1ccccc1OC. The van der Waals surface area contributed by atoms with Gasteiger partial charge in [-0.15, -0.1) is 11.3 Å². The Balaban J connectivity index is 1.62. The summed E-state index contributed by atoms with van der Waals surface area (Å²) < 4.78 is 5.40. The van der Waals surface area contributed by atoms with Crippen molar-refractivity contribution in [3.63, 3.8) is 0 Å². The molecule has 1 aliphatic rings. The second-order valence-electron chi connectivity index (χ2n) is 8.37. The molecule has 178 valence electrons. The molecule has 1 aliphatic heterocycles. The van der Waals surface area contributed by atoms with Gasteiger partial charge in [0, 0.05) is 23.0 Å². The molecule has 0 saturated heterocycles. The number of methoxy groups -OCH3 is 1. The zero-order valence-corrected chi connectivity index (χ0v) is 21.1. The van der Waals surface area contributed by atoms with E-state index in [1.807, 2.05) is 41.3 Å². The van der Waals surface area contributed by atoms with Crippen LogP contribution in [0.5, 0.6) is 5.75 Å². The maximum atomic E-state index is 13.7. The number of fused-ring (bicyclic) bond motifs is 1. The minimum Gasteiger partial charge on any atom is -0.496 e. The van der Waals surface area contributed by atoms with Crippen LogP contribution in [0.3, 0.4) is 0 Å². The molecule has 5 nitrogen and oxygen atoms in total. The maximum Gasteiger partial charge on any atom is 0.258 e. The van der Waals surface area contributed by atoms with Crippen molar-refractivity contribution in [1.29, 1.82) is 0 Å². The van der Waals surface area contributed by atoms with Crippen molar-refractivity contribution >= 4 is 34.8 Å². The summed E-state index contributed by atoms with van der Waals surface area (Å²) in [6.07, 6.45) is 2.57. The van der Waals surface area contributed by atoms with E-state index in [9.17, 15) is 9.59 Å². The van der Waals surface area contributed by atoms with E-state index in [2.05, 4.69) is 18.4 Å². The Morgan fingerprint density at radius 2 is 1.91 bits per heavy atom. The first-order valence-electron chi connectivity index (χ1n) is 11.6. The Bertz CT molecular complexity index is 1140. The van der Waals surface area contributed by atoms with Crippen LogP contribution in [0.4, 0.5) is 0 Å². The summed E-state index contributed by atoms with van der Waals surface area (Å²) in [6, 6.07) is 16.8. The molecule has 0 bridgehead atoms. The van der Waals surface area contributed by atoms with Gasteiger partial charge in [-0.05, 0) is 59.7 Å². The van der Waals surface area contributed by atoms with Crippen molar-refractivity contribution in [2.45, 2.75) is 32.2 Å². The number of rotatable bonds is 8. The molecule has 0 spiro atoms. The standard InChI is InChI=1S/C27H29ClN2O3S/c1-3-4-15-29(27(32)21-7-5-6-8-23(21)33-2)18-25(31)30-16-13-24-22(14-17-34-24)26(30)19-9-11-20(28)12-10-19/h5-12,14,17,26H,3-4,13,15-16,18H2,1-2H3. The van der Waals surface area contributed by atoms with E-state index in [0.717, 1.165) is 30.4 Å². The Morgan fingerprint density at radius 1 is 1.15 bits per heavy atom. The number of hydrogen-bond acceptors (Lipinski definition) is 4. The van der Waals surface area contributed by atoms with Gasteiger partial charge < -0.3 is 14.5 Å². The molecule has 0 saturated carbocycles. The van der Waals surface area contributed by atoms with Gasteiger partial charge in [0.25, 0.3) is 5.91 Å². The molecule has 0 radical (unpaired) electrons. The number of halogens is 1. The highest BCUT2D eigenvalue weighted by Crippen LogP contribution is 2.38. The molecule has 7 heteroatoms. The fraction of sp³-hybridized carbons (Fsp3) is 0.333. The summed E-state index contributed by atoms with van der Waals surface area (Å²) in [5.41, 5.74) is 2.65. The zero-order valence-electron chi connectivity index (χ0n) is 19.5. The lowest BCUT2D eigenvalue weighted by Gasteiger charge is -2.37. The first-order valence-corrected chi connectivity index (χ1v) is 12.8. The number of benzene rings is 2. The number of unbranched alkanes of at least 4 members (excludes halogenated alkanes) is 1. The Kier molecular flexibility index (Phi) is 7.91. The quantitative estimate of drug-likeness (QED) is 0.394. The molecule has 2 heterocycles. The molecule has 0 fully saturated rings. The summed E-state index contributed by atoms with van der Waals surface area (Å²) in [6.45, 7) is 3.24. The van der Waals surface area contributed by atoms with Crippen molar-refractivity contribution in [1.82, 2.24) is 9.80 Å². The number of ether oxygens (including phenoxy) is 1. The molecular formula is C27H29ClN2O3S. The molecular weight excluding hydrogens is 468 g/mol. The molecule has 0 N–H and O–H groups in total. The normalized spacial score (nSPS) is 15.0. The molecule has 2 aromatic carbocycles. The van der Waals surface area contributed by atoms with Gasteiger partial charge in [0.05, 0.1) is 18.7 Å². The van der Waals surface area contributed by atoms with Crippen LogP contribution in [0.25, 0.3) is 0 Å². The van der Waals surface area contributed by atoms with Gasteiger partial charge in [-0.25, -0.2) is 0 Å². The fourth-order valence-corrected chi connectivity index (χ4v) is 5.47. The number of hydrogen-bond donors (Lipinski definition) is 0. The van der Waals surface area contributed by atoms with E-state index in [4.69, 9.17) is 16.3 Å².